The molecule has 0 aliphatic heterocycles. The molecule has 3 aliphatic carbocycles. The van der Waals surface area contributed by atoms with E-state index < -0.39 is 10.0 Å². The number of rotatable bonds is 9. The summed E-state index contributed by atoms with van der Waals surface area (Å²) in [7, 11) is -0.327. The first-order valence-corrected chi connectivity index (χ1v) is 17.6. The topological polar surface area (TPSA) is 46.6 Å². The van der Waals surface area contributed by atoms with Gasteiger partial charge in [0.1, 0.15) is 5.75 Å². The number of sulfonamides is 1. The summed E-state index contributed by atoms with van der Waals surface area (Å²) < 4.78 is 33.4. The molecular weight excluding hydrogens is 586 g/mol. The van der Waals surface area contributed by atoms with Gasteiger partial charge in [-0.25, -0.2) is 12.7 Å². The molecule has 7 heteroatoms. The van der Waals surface area contributed by atoms with Crippen LogP contribution in [-0.4, -0.2) is 50.4 Å². The van der Waals surface area contributed by atoms with Gasteiger partial charge in [-0.2, -0.15) is 0 Å². The molecule has 0 heterocycles. The number of nitrogens with zero attached hydrogens (tertiary/aromatic N) is 1. The van der Waals surface area contributed by atoms with Crippen molar-refractivity contribution in [2.45, 2.75) is 125 Å². The van der Waals surface area contributed by atoms with Crippen LogP contribution in [0.25, 0.3) is 6.08 Å². The van der Waals surface area contributed by atoms with Crippen molar-refractivity contribution in [3.8, 4) is 5.75 Å². The second kappa shape index (κ2) is 14.9. The Balaban J connectivity index is 0.00000380. The Morgan fingerprint density at radius 2 is 1.51 bits per heavy atom. The van der Waals surface area contributed by atoms with Crippen molar-refractivity contribution < 1.29 is 32.6 Å². The van der Waals surface area contributed by atoms with E-state index in [1.165, 1.54) is 87.8 Å². The molecule has 3 fully saturated rings. The fraction of sp³-hybridized carbons (Fsp3) is 0.733. The zero-order valence-corrected chi connectivity index (χ0v) is 26.7. The van der Waals surface area contributed by atoms with Crippen LogP contribution >= 0.6 is 7.92 Å². The van der Waals surface area contributed by atoms with Gasteiger partial charge < -0.3 is 4.74 Å². The first kappa shape index (κ1) is 31.3. The fourth-order valence-corrected chi connectivity index (χ4v) is 12.2. The average molecular weight is 635 g/mol. The molecule has 4 rings (SSSR count). The molecule has 37 heavy (non-hydrogen) atoms. The molecule has 1 aromatic rings. The number of allylic oxidation sites excluding steroid dienone is 1. The molecule has 0 N–H and O–H groups in total. The Bertz CT molecular complexity index is 967. The first-order chi connectivity index (χ1) is 17.4. The average Bonchev–Trinajstić information content (AvgIpc) is 2.90. The maximum Gasteiger partial charge on any atom is 2.00 e. The molecule has 3 aliphatic rings. The van der Waals surface area contributed by atoms with E-state index in [9.17, 15) is 8.42 Å². The van der Waals surface area contributed by atoms with Crippen LogP contribution in [0.3, 0.4) is 0 Å². The van der Waals surface area contributed by atoms with Crippen LogP contribution in [-0.2, 0) is 29.5 Å². The van der Waals surface area contributed by atoms with Crippen molar-refractivity contribution in [1.82, 2.24) is 4.31 Å². The molecule has 4 nitrogen and oxygen atoms in total. The number of hydrogen-bond donors (Lipinski definition) is 0. The molecule has 0 saturated heterocycles. The summed E-state index contributed by atoms with van der Waals surface area (Å²) in [6, 6.07) is 5.45. The van der Waals surface area contributed by atoms with Crippen molar-refractivity contribution in [2.24, 2.45) is 0 Å². The van der Waals surface area contributed by atoms with Gasteiger partial charge in [0.2, 0.25) is 10.0 Å². The summed E-state index contributed by atoms with van der Waals surface area (Å²) in [4.78, 5) is 0.359. The largest absolute Gasteiger partial charge is 2.00 e. The molecular formula is C30H48NO3PRuS+2. The van der Waals surface area contributed by atoms with E-state index in [1.807, 2.05) is 12.1 Å². The van der Waals surface area contributed by atoms with Gasteiger partial charge in [0.05, 0.1) is 11.5 Å². The van der Waals surface area contributed by atoms with E-state index >= 15 is 0 Å². The minimum Gasteiger partial charge on any atom is -0.493 e. The van der Waals surface area contributed by atoms with Crippen molar-refractivity contribution in [3.63, 3.8) is 0 Å². The van der Waals surface area contributed by atoms with Crippen LogP contribution in [0.5, 0.6) is 5.75 Å². The van der Waals surface area contributed by atoms with E-state index in [0.29, 0.717) is 17.2 Å². The Hall–Kier alpha value is -0.277. The Labute approximate surface area is 241 Å². The summed E-state index contributed by atoms with van der Waals surface area (Å²) in [5, 5.41) is 0. The minimum atomic E-state index is -3.49. The SMILES string of the molecule is CCCOc1ccc(S(=O)(=O)N(C)C)cc1C=C1CCCCC1P(C1CCCCC1)C1CCCCC1.[Ru+2]. The maximum atomic E-state index is 13.0. The van der Waals surface area contributed by atoms with Crippen molar-refractivity contribution in [1.29, 1.82) is 0 Å². The van der Waals surface area contributed by atoms with Gasteiger partial charge in [-0.1, -0.05) is 71.4 Å². The Kier molecular flexibility index (Phi) is 12.6. The molecule has 1 aromatic carbocycles. The minimum absolute atomic E-state index is 0. The molecule has 208 valence electrons. The molecule has 0 spiro atoms. The van der Waals surface area contributed by atoms with Crippen molar-refractivity contribution in [2.75, 3.05) is 20.7 Å². The van der Waals surface area contributed by atoms with E-state index in [2.05, 4.69) is 13.0 Å². The standard InChI is InChI=1S/C30H48NO3PS.Ru/c1-4-21-34-29-20-19-28(36(32,33)31(2)3)23-25(29)22-24-13-11-12-18-30(24)35(26-14-7-5-8-15-26)27-16-9-6-10-17-27;/h19-20,22-23,26-27,30H,4-18,21H2,1-3H3;/q;+2. The Morgan fingerprint density at radius 1 is 0.919 bits per heavy atom. The second-order valence-electron chi connectivity index (χ2n) is 11.3. The van der Waals surface area contributed by atoms with Gasteiger partial charge in [-0.3, -0.25) is 0 Å². The molecule has 3 saturated carbocycles. The van der Waals surface area contributed by atoms with Crippen LogP contribution < -0.4 is 4.74 Å². The first-order valence-electron chi connectivity index (χ1n) is 14.6. The van der Waals surface area contributed by atoms with Gasteiger partial charge in [0.15, 0.2) is 0 Å². The quantitative estimate of drug-likeness (QED) is 0.203. The second-order valence-corrected chi connectivity index (χ2v) is 16.5. The summed E-state index contributed by atoms with van der Waals surface area (Å²) in [5.74, 6) is 0.825. The molecule has 1 unspecified atom stereocenters. The number of hydrogen-bond acceptors (Lipinski definition) is 3. The number of ether oxygens (including phenoxy) is 1. The molecule has 0 radical (unpaired) electrons. The normalized spacial score (nSPS) is 23.4. The maximum absolute atomic E-state index is 13.0. The molecule has 0 aromatic heterocycles. The van der Waals surface area contributed by atoms with Gasteiger partial charge in [0, 0.05) is 25.3 Å². The van der Waals surface area contributed by atoms with E-state index in [0.717, 1.165) is 35.5 Å². The van der Waals surface area contributed by atoms with E-state index in [4.69, 9.17) is 4.74 Å². The van der Waals surface area contributed by atoms with Crippen LogP contribution in [0.15, 0.2) is 28.7 Å². The van der Waals surface area contributed by atoms with Gasteiger partial charge in [0.25, 0.3) is 0 Å². The summed E-state index contributed by atoms with van der Waals surface area (Å²) in [5.41, 5.74) is 5.10. The number of benzene rings is 1. The van der Waals surface area contributed by atoms with Crippen LogP contribution in [0.4, 0.5) is 0 Å². The molecule has 0 bridgehead atoms. The van der Waals surface area contributed by atoms with Crippen LogP contribution in [0.2, 0.25) is 0 Å². The third-order valence-corrected chi connectivity index (χ3v) is 14.4. The van der Waals surface area contributed by atoms with Crippen LogP contribution in [0.1, 0.15) is 109 Å². The van der Waals surface area contributed by atoms with Crippen molar-refractivity contribution in [3.05, 3.63) is 29.3 Å². The third kappa shape index (κ3) is 7.90. The zero-order chi connectivity index (χ0) is 25.5. The van der Waals surface area contributed by atoms with E-state index in [-0.39, 0.29) is 27.4 Å². The fourth-order valence-electron chi connectivity index (χ4n) is 6.65. The van der Waals surface area contributed by atoms with Crippen molar-refractivity contribution >= 4 is 24.0 Å². The molecule has 0 amide bonds. The summed E-state index contributed by atoms with van der Waals surface area (Å²) in [6.45, 7) is 2.76. The van der Waals surface area contributed by atoms with Crippen LogP contribution in [0, 0.1) is 0 Å². The zero-order valence-electron chi connectivity index (χ0n) is 23.2. The summed E-state index contributed by atoms with van der Waals surface area (Å²) in [6.07, 6.45) is 22.6. The Morgan fingerprint density at radius 3 is 2.08 bits per heavy atom. The predicted octanol–water partition coefficient (Wildman–Crippen LogP) is 8.20. The van der Waals surface area contributed by atoms with Gasteiger partial charge >= 0.3 is 19.5 Å². The smallest absolute Gasteiger partial charge is 0.493 e. The summed E-state index contributed by atoms with van der Waals surface area (Å²) >= 11 is 0. The third-order valence-electron chi connectivity index (χ3n) is 8.54. The van der Waals surface area contributed by atoms with Gasteiger partial charge in [-0.15, -0.1) is 0 Å². The predicted molar refractivity (Wildman–Crippen MR) is 154 cm³/mol. The van der Waals surface area contributed by atoms with E-state index in [1.54, 1.807) is 25.7 Å². The monoisotopic (exact) mass is 635 g/mol. The molecule has 1 atom stereocenters. The van der Waals surface area contributed by atoms with Gasteiger partial charge in [-0.05, 0) is 80.9 Å².